The van der Waals surface area contributed by atoms with Gasteiger partial charge in [0.25, 0.3) is 5.91 Å². The van der Waals surface area contributed by atoms with Gasteiger partial charge in [-0.15, -0.1) is 0 Å². The number of urea groups is 1. The van der Waals surface area contributed by atoms with Gasteiger partial charge in [0, 0.05) is 19.1 Å². The molecule has 0 radical (unpaired) electrons. The van der Waals surface area contributed by atoms with Gasteiger partial charge in [-0.2, -0.15) is 0 Å². The minimum atomic E-state index is -0.199. The Morgan fingerprint density at radius 1 is 1.15 bits per heavy atom. The maximum absolute atomic E-state index is 12.9. The number of nitrogens with zero attached hydrogens (tertiary/aromatic N) is 1. The van der Waals surface area contributed by atoms with E-state index in [0.29, 0.717) is 17.2 Å². The topological polar surface area (TPSA) is 61.4 Å². The molecule has 1 saturated heterocycles. The maximum Gasteiger partial charge on any atom is 0.319 e. The molecule has 2 N–H and O–H groups in total. The second-order valence-electron chi connectivity index (χ2n) is 8.72. The molecular weight excluding hydrogens is 338 g/mol. The maximum atomic E-state index is 12.9. The van der Waals surface area contributed by atoms with E-state index >= 15 is 0 Å². The second-order valence-corrected chi connectivity index (χ2v) is 8.72. The number of aryl methyl sites for hydroxylation is 1. The van der Waals surface area contributed by atoms with E-state index in [0.717, 1.165) is 43.3 Å². The molecule has 146 valence electrons. The molecule has 2 bridgehead atoms. The molecule has 0 aromatic heterocycles. The lowest BCUT2D eigenvalue weighted by atomic mass is 9.84. The number of carbonyl (C=O) groups is 2. The van der Waals surface area contributed by atoms with Crippen molar-refractivity contribution in [2.24, 2.45) is 17.8 Å². The van der Waals surface area contributed by atoms with Crippen LogP contribution in [0.2, 0.25) is 0 Å². The summed E-state index contributed by atoms with van der Waals surface area (Å²) in [4.78, 5) is 27.4. The van der Waals surface area contributed by atoms with Crippen LogP contribution in [0.25, 0.3) is 0 Å². The highest BCUT2D eigenvalue weighted by Crippen LogP contribution is 2.49. The summed E-state index contributed by atoms with van der Waals surface area (Å²) in [5.74, 6) is 2.26. The van der Waals surface area contributed by atoms with E-state index in [9.17, 15) is 9.59 Å². The van der Waals surface area contributed by atoms with Crippen LogP contribution in [0.15, 0.2) is 18.2 Å². The van der Waals surface area contributed by atoms with Crippen molar-refractivity contribution in [1.29, 1.82) is 0 Å². The number of nitrogens with one attached hydrogen (secondary N) is 2. The molecule has 3 fully saturated rings. The van der Waals surface area contributed by atoms with Crippen LogP contribution in [-0.2, 0) is 0 Å². The van der Waals surface area contributed by atoms with E-state index in [1.807, 2.05) is 30.0 Å². The fourth-order valence-electron chi connectivity index (χ4n) is 5.47. The summed E-state index contributed by atoms with van der Waals surface area (Å²) in [6, 6.07) is 5.62. The van der Waals surface area contributed by atoms with Crippen molar-refractivity contribution in [3.63, 3.8) is 0 Å². The van der Waals surface area contributed by atoms with E-state index in [4.69, 9.17) is 0 Å². The Balaban J connectivity index is 1.43. The molecule has 27 heavy (non-hydrogen) atoms. The molecule has 1 aromatic rings. The van der Waals surface area contributed by atoms with Gasteiger partial charge >= 0.3 is 6.03 Å². The van der Waals surface area contributed by atoms with Crippen molar-refractivity contribution in [2.45, 2.75) is 58.4 Å². The number of likely N-dealkylation sites (tertiary alicyclic amines) is 1. The molecule has 4 rings (SSSR count). The van der Waals surface area contributed by atoms with Gasteiger partial charge in [-0.1, -0.05) is 18.6 Å². The lowest BCUT2D eigenvalue weighted by Crippen LogP contribution is -2.42. The molecule has 1 heterocycles. The molecule has 2 aliphatic carbocycles. The first-order chi connectivity index (χ1) is 13.0. The van der Waals surface area contributed by atoms with Gasteiger partial charge in [-0.3, -0.25) is 4.79 Å². The quantitative estimate of drug-likeness (QED) is 0.836. The van der Waals surface area contributed by atoms with Gasteiger partial charge in [0.1, 0.15) is 0 Å². The van der Waals surface area contributed by atoms with E-state index < -0.39 is 0 Å². The first-order valence-corrected chi connectivity index (χ1v) is 10.5. The van der Waals surface area contributed by atoms with Crippen molar-refractivity contribution >= 4 is 17.6 Å². The minimum Gasteiger partial charge on any atom is -0.339 e. The number of rotatable bonds is 4. The minimum absolute atomic E-state index is 0.0210. The molecule has 2 saturated carbocycles. The summed E-state index contributed by atoms with van der Waals surface area (Å²) in [6.45, 7) is 5.67. The number of hydrogen-bond acceptors (Lipinski definition) is 2. The third kappa shape index (κ3) is 3.69. The zero-order chi connectivity index (χ0) is 19.0. The first kappa shape index (κ1) is 18.3. The van der Waals surface area contributed by atoms with Crippen molar-refractivity contribution < 1.29 is 9.59 Å². The third-order valence-corrected chi connectivity index (χ3v) is 6.93. The highest BCUT2D eigenvalue weighted by Gasteiger charge is 2.42. The van der Waals surface area contributed by atoms with E-state index in [-0.39, 0.29) is 18.0 Å². The Hall–Kier alpha value is -2.04. The van der Waals surface area contributed by atoms with Gasteiger partial charge in [0.05, 0.1) is 11.3 Å². The van der Waals surface area contributed by atoms with Crippen LogP contribution in [0.5, 0.6) is 0 Å². The Kier molecular flexibility index (Phi) is 5.11. The largest absolute Gasteiger partial charge is 0.339 e. The fourth-order valence-corrected chi connectivity index (χ4v) is 5.47. The van der Waals surface area contributed by atoms with Crippen LogP contribution in [0, 0.1) is 24.7 Å². The van der Waals surface area contributed by atoms with Crippen LogP contribution >= 0.6 is 0 Å². The summed E-state index contributed by atoms with van der Waals surface area (Å²) in [6.07, 6.45) is 7.38. The highest BCUT2D eigenvalue weighted by molar-refractivity contribution is 6.04. The molecule has 4 atom stereocenters. The van der Waals surface area contributed by atoms with Crippen LogP contribution in [0.1, 0.15) is 61.4 Å². The molecule has 3 aliphatic rings. The summed E-state index contributed by atoms with van der Waals surface area (Å²) in [7, 11) is 0. The number of amides is 3. The van der Waals surface area contributed by atoms with Crippen molar-refractivity contribution in [3.05, 3.63) is 29.3 Å². The van der Waals surface area contributed by atoms with Crippen molar-refractivity contribution in [3.8, 4) is 0 Å². The highest BCUT2D eigenvalue weighted by atomic mass is 16.2. The Bertz CT molecular complexity index is 726. The summed E-state index contributed by atoms with van der Waals surface area (Å²) >= 11 is 0. The summed E-state index contributed by atoms with van der Waals surface area (Å²) in [5.41, 5.74) is 2.16. The van der Waals surface area contributed by atoms with Crippen LogP contribution < -0.4 is 10.6 Å². The number of carbonyl (C=O) groups excluding carboxylic acids is 2. The number of anilines is 1. The average molecular weight is 370 g/mol. The predicted molar refractivity (Wildman–Crippen MR) is 107 cm³/mol. The fraction of sp³-hybridized carbons (Fsp3) is 0.636. The Morgan fingerprint density at radius 2 is 1.93 bits per heavy atom. The van der Waals surface area contributed by atoms with Crippen LogP contribution in [0.3, 0.4) is 0 Å². The molecule has 5 nitrogen and oxygen atoms in total. The lowest BCUT2D eigenvalue weighted by molar-refractivity contribution is 0.0794. The summed E-state index contributed by atoms with van der Waals surface area (Å²) < 4.78 is 0. The molecule has 5 heteroatoms. The van der Waals surface area contributed by atoms with E-state index in [1.54, 1.807) is 0 Å². The normalized spacial score (nSPS) is 27.6. The van der Waals surface area contributed by atoms with E-state index in [1.165, 1.54) is 25.7 Å². The molecule has 1 aromatic carbocycles. The molecular formula is C22H31N3O2. The third-order valence-electron chi connectivity index (χ3n) is 6.93. The van der Waals surface area contributed by atoms with Gasteiger partial charge in [-0.25, -0.2) is 4.79 Å². The van der Waals surface area contributed by atoms with Crippen LogP contribution in [0.4, 0.5) is 10.5 Å². The number of fused-ring (bicyclic) bond motifs is 2. The Morgan fingerprint density at radius 3 is 2.59 bits per heavy atom. The summed E-state index contributed by atoms with van der Waals surface area (Å²) in [5, 5.41) is 6.13. The first-order valence-electron chi connectivity index (χ1n) is 10.5. The van der Waals surface area contributed by atoms with Gasteiger partial charge in [0.2, 0.25) is 0 Å². The average Bonchev–Trinajstić information content (AvgIpc) is 3.40. The molecule has 3 amide bonds. The number of hydrogen-bond donors (Lipinski definition) is 2. The second kappa shape index (κ2) is 7.53. The SMILES string of the molecule is Cc1cccc(C(=O)N2CCCC2)c1NC(=O)N[C@H](C)[C@H]1C[C@@H]2CC[C@@H]1C2. The molecule has 0 spiro atoms. The van der Waals surface area contributed by atoms with Crippen molar-refractivity contribution in [2.75, 3.05) is 18.4 Å². The van der Waals surface area contributed by atoms with Gasteiger partial charge < -0.3 is 15.5 Å². The van der Waals surface area contributed by atoms with Gasteiger partial charge in [0.15, 0.2) is 0 Å². The predicted octanol–water partition coefficient (Wildman–Crippen LogP) is 4.18. The van der Waals surface area contributed by atoms with E-state index in [2.05, 4.69) is 17.6 Å². The number of benzene rings is 1. The molecule has 1 aliphatic heterocycles. The zero-order valence-corrected chi connectivity index (χ0v) is 16.5. The number of para-hydroxylation sites is 1. The van der Waals surface area contributed by atoms with Gasteiger partial charge in [-0.05, 0) is 75.3 Å². The lowest BCUT2D eigenvalue weighted by Gasteiger charge is -2.28. The standard InChI is InChI=1S/C22H31N3O2/c1-14-6-5-7-18(21(26)25-10-3-4-11-25)20(14)24-22(27)23-15(2)19-13-16-8-9-17(19)12-16/h5-7,15-17,19H,3-4,8-13H2,1-2H3,(H2,23,24,27)/t15-,16-,17-,19-/m1/s1. The smallest absolute Gasteiger partial charge is 0.319 e. The van der Waals surface area contributed by atoms with Crippen LogP contribution in [-0.4, -0.2) is 36.0 Å². The monoisotopic (exact) mass is 369 g/mol. The molecule has 0 unspecified atom stereocenters. The zero-order valence-electron chi connectivity index (χ0n) is 16.5. The van der Waals surface area contributed by atoms with Crippen molar-refractivity contribution in [1.82, 2.24) is 10.2 Å². The Labute approximate surface area is 161 Å².